The van der Waals surface area contributed by atoms with Crippen molar-refractivity contribution in [3.63, 3.8) is 0 Å². The highest BCUT2D eigenvalue weighted by Gasteiger charge is 2.11. The summed E-state index contributed by atoms with van der Waals surface area (Å²) in [5, 5.41) is 9.91. The molecular weight excluding hydrogens is 314 g/mol. The Morgan fingerprint density at radius 2 is 1.84 bits per heavy atom. The van der Waals surface area contributed by atoms with E-state index in [1.54, 1.807) is 6.07 Å². The van der Waals surface area contributed by atoms with E-state index in [2.05, 4.69) is 15.8 Å². The van der Waals surface area contributed by atoms with Crippen LogP contribution in [0.25, 0.3) is 11.3 Å². The first-order valence-electron chi connectivity index (χ1n) is 8.24. The predicted molar refractivity (Wildman–Crippen MR) is 98.2 cm³/mol. The minimum atomic E-state index is -0.172. The molecule has 0 aliphatic carbocycles. The molecule has 128 valence electrons. The number of benzene rings is 2. The van der Waals surface area contributed by atoms with Crippen molar-refractivity contribution >= 4 is 11.8 Å². The summed E-state index contributed by atoms with van der Waals surface area (Å²) in [6.07, 6.45) is 0. The lowest BCUT2D eigenvalue weighted by atomic mass is 10.1. The van der Waals surface area contributed by atoms with Crippen LogP contribution in [0.1, 0.15) is 24.1 Å². The first-order valence-corrected chi connectivity index (χ1v) is 8.24. The number of anilines is 1. The largest absolute Gasteiger partial charge is 0.338 e. The zero-order chi connectivity index (χ0) is 17.6. The summed E-state index contributed by atoms with van der Waals surface area (Å²) in [6.45, 7) is 4.24. The zero-order valence-corrected chi connectivity index (χ0v) is 14.3. The maximum Gasteiger partial charge on any atom is 0.240 e. The highest BCUT2D eigenvalue weighted by Crippen LogP contribution is 2.22. The van der Waals surface area contributed by atoms with E-state index in [4.69, 9.17) is 4.52 Å². The van der Waals surface area contributed by atoms with E-state index in [0.717, 1.165) is 11.1 Å². The maximum absolute atomic E-state index is 12.1. The molecule has 0 aliphatic rings. The number of nitrogens with zero attached hydrogens (tertiary/aromatic N) is 1. The first kappa shape index (κ1) is 16.9. The molecule has 0 fully saturated rings. The summed E-state index contributed by atoms with van der Waals surface area (Å²) >= 11 is 0. The second-order valence-corrected chi connectivity index (χ2v) is 6.00. The van der Waals surface area contributed by atoms with Gasteiger partial charge in [0.15, 0.2) is 0 Å². The van der Waals surface area contributed by atoms with Gasteiger partial charge in [-0.15, -0.1) is 0 Å². The lowest BCUT2D eigenvalue weighted by Gasteiger charge is -2.13. The van der Waals surface area contributed by atoms with Crippen molar-refractivity contribution in [1.29, 1.82) is 0 Å². The van der Waals surface area contributed by atoms with Crippen LogP contribution < -0.4 is 10.6 Å². The van der Waals surface area contributed by atoms with Crippen molar-refractivity contribution < 1.29 is 9.32 Å². The molecule has 0 saturated heterocycles. The van der Waals surface area contributed by atoms with Gasteiger partial charge in [0.05, 0.1) is 6.54 Å². The number of rotatable bonds is 6. The molecular formula is C20H21N3O2. The van der Waals surface area contributed by atoms with Crippen LogP contribution in [0, 0.1) is 6.92 Å². The number of nitrogens with one attached hydrogen (secondary N) is 2. The normalized spacial score (nSPS) is 11.9. The van der Waals surface area contributed by atoms with Gasteiger partial charge in [-0.3, -0.25) is 10.1 Å². The Labute approximate surface area is 147 Å². The minimum absolute atomic E-state index is 0.0878. The molecule has 1 atom stereocenters. The summed E-state index contributed by atoms with van der Waals surface area (Å²) in [4.78, 5) is 12.1. The van der Waals surface area contributed by atoms with E-state index < -0.39 is 0 Å². The van der Waals surface area contributed by atoms with E-state index in [1.165, 1.54) is 5.56 Å². The Morgan fingerprint density at radius 3 is 2.56 bits per heavy atom. The lowest BCUT2D eigenvalue weighted by molar-refractivity contribution is -0.115. The molecule has 3 rings (SSSR count). The van der Waals surface area contributed by atoms with Crippen LogP contribution in [0.5, 0.6) is 0 Å². The fourth-order valence-electron chi connectivity index (χ4n) is 2.48. The number of aryl methyl sites for hydroxylation is 1. The van der Waals surface area contributed by atoms with Crippen LogP contribution >= 0.6 is 0 Å². The number of aromatic nitrogens is 1. The molecule has 0 bridgehead atoms. The van der Waals surface area contributed by atoms with E-state index in [0.29, 0.717) is 11.6 Å². The third-order valence-electron chi connectivity index (χ3n) is 3.99. The Bertz CT molecular complexity index is 826. The Kier molecular flexibility index (Phi) is 5.26. The summed E-state index contributed by atoms with van der Waals surface area (Å²) in [6, 6.07) is 19.8. The van der Waals surface area contributed by atoms with Crippen LogP contribution in [0.15, 0.2) is 65.2 Å². The van der Waals surface area contributed by atoms with E-state index in [1.807, 2.05) is 68.4 Å². The molecule has 0 aliphatic heterocycles. The molecule has 0 unspecified atom stereocenters. The summed E-state index contributed by atoms with van der Waals surface area (Å²) in [5.74, 6) is 0.170. The van der Waals surface area contributed by atoms with Crippen molar-refractivity contribution in [2.75, 3.05) is 11.9 Å². The monoisotopic (exact) mass is 335 g/mol. The van der Waals surface area contributed by atoms with Gasteiger partial charge >= 0.3 is 0 Å². The highest BCUT2D eigenvalue weighted by molar-refractivity contribution is 5.91. The zero-order valence-electron chi connectivity index (χ0n) is 14.3. The molecule has 1 heterocycles. The lowest BCUT2D eigenvalue weighted by Crippen LogP contribution is -2.30. The molecule has 0 saturated carbocycles. The molecule has 1 amide bonds. The second-order valence-electron chi connectivity index (χ2n) is 6.00. The summed E-state index contributed by atoms with van der Waals surface area (Å²) < 4.78 is 5.20. The van der Waals surface area contributed by atoms with Crippen molar-refractivity contribution in [2.45, 2.75) is 19.9 Å². The fourth-order valence-corrected chi connectivity index (χ4v) is 2.48. The van der Waals surface area contributed by atoms with Crippen LogP contribution in [-0.2, 0) is 4.79 Å². The third-order valence-corrected chi connectivity index (χ3v) is 3.99. The van der Waals surface area contributed by atoms with Crippen LogP contribution in [0.3, 0.4) is 0 Å². The van der Waals surface area contributed by atoms with Crippen molar-refractivity contribution in [3.8, 4) is 11.3 Å². The molecule has 2 aromatic carbocycles. The molecule has 0 spiro atoms. The quantitative estimate of drug-likeness (QED) is 0.716. The fraction of sp³-hybridized carbons (Fsp3) is 0.200. The molecule has 3 aromatic rings. The highest BCUT2D eigenvalue weighted by atomic mass is 16.5. The number of hydrogen-bond acceptors (Lipinski definition) is 4. The number of hydrogen-bond donors (Lipinski definition) is 2. The number of carbonyl (C=O) groups is 1. The molecule has 2 N–H and O–H groups in total. The molecule has 1 aromatic heterocycles. The van der Waals surface area contributed by atoms with Gasteiger partial charge in [-0.2, -0.15) is 0 Å². The van der Waals surface area contributed by atoms with Gasteiger partial charge in [0, 0.05) is 17.7 Å². The topological polar surface area (TPSA) is 67.2 Å². The SMILES string of the molecule is Cc1ccc(-c2cc(NC(=O)CN[C@H](C)c3ccccc3)on2)cc1. The predicted octanol–water partition coefficient (Wildman–Crippen LogP) is 3.94. The average Bonchev–Trinajstić information content (AvgIpc) is 3.09. The molecule has 0 radical (unpaired) electrons. The van der Waals surface area contributed by atoms with Crippen LogP contribution in [-0.4, -0.2) is 17.6 Å². The van der Waals surface area contributed by atoms with Gasteiger partial charge in [0.2, 0.25) is 11.8 Å². The van der Waals surface area contributed by atoms with Crippen LogP contribution in [0.4, 0.5) is 5.88 Å². The van der Waals surface area contributed by atoms with Gasteiger partial charge in [0.1, 0.15) is 5.69 Å². The van der Waals surface area contributed by atoms with Gasteiger partial charge in [-0.25, -0.2) is 0 Å². The van der Waals surface area contributed by atoms with Crippen LogP contribution in [0.2, 0.25) is 0 Å². The van der Waals surface area contributed by atoms with Crippen molar-refractivity contribution in [3.05, 3.63) is 71.8 Å². The van der Waals surface area contributed by atoms with E-state index in [9.17, 15) is 4.79 Å². The average molecular weight is 335 g/mol. The van der Waals surface area contributed by atoms with Crippen molar-refractivity contribution in [1.82, 2.24) is 10.5 Å². The van der Waals surface area contributed by atoms with Crippen molar-refractivity contribution in [2.24, 2.45) is 0 Å². The van der Waals surface area contributed by atoms with Gasteiger partial charge in [0.25, 0.3) is 0 Å². The Hall–Kier alpha value is -2.92. The standard InChI is InChI=1S/C20H21N3O2/c1-14-8-10-17(11-9-14)18-12-20(25-23-18)22-19(24)13-21-15(2)16-6-4-3-5-7-16/h3-12,15,21H,13H2,1-2H3,(H,22,24)/t15-/m1/s1. The second kappa shape index (κ2) is 7.77. The van der Waals surface area contributed by atoms with Gasteiger partial charge in [-0.1, -0.05) is 65.3 Å². The number of carbonyl (C=O) groups excluding carboxylic acids is 1. The first-order chi connectivity index (χ1) is 12.1. The summed E-state index contributed by atoms with van der Waals surface area (Å²) in [7, 11) is 0. The Balaban J connectivity index is 1.54. The summed E-state index contributed by atoms with van der Waals surface area (Å²) in [5.41, 5.74) is 3.96. The Morgan fingerprint density at radius 1 is 1.12 bits per heavy atom. The molecule has 25 heavy (non-hydrogen) atoms. The van der Waals surface area contributed by atoms with Gasteiger partial charge < -0.3 is 9.84 Å². The van der Waals surface area contributed by atoms with E-state index >= 15 is 0 Å². The minimum Gasteiger partial charge on any atom is -0.338 e. The molecule has 5 nitrogen and oxygen atoms in total. The smallest absolute Gasteiger partial charge is 0.240 e. The molecule has 5 heteroatoms. The maximum atomic E-state index is 12.1. The van der Waals surface area contributed by atoms with E-state index in [-0.39, 0.29) is 18.5 Å². The third kappa shape index (κ3) is 4.55. The van der Waals surface area contributed by atoms with Gasteiger partial charge in [-0.05, 0) is 19.4 Å². The number of amides is 1.